The highest BCUT2D eigenvalue weighted by molar-refractivity contribution is 6.30. The number of nitrogens with one attached hydrogen (secondary N) is 1. The van der Waals surface area contributed by atoms with Crippen molar-refractivity contribution in [2.24, 2.45) is 0 Å². The molecule has 0 aliphatic carbocycles. The molecule has 0 saturated carbocycles. The summed E-state index contributed by atoms with van der Waals surface area (Å²) in [6.45, 7) is 5.97. The summed E-state index contributed by atoms with van der Waals surface area (Å²) in [5.74, 6) is 0.873. The number of hydrogen-bond donors (Lipinski definition) is 1. The van der Waals surface area contributed by atoms with E-state index in [-0.39, 0.29) is 11.9 Å². The van der Waals surface area contributed by atoms with Crippen molar-refractivity contribution in [3.8, 4) is 5.75 Å². The Hall–Kier alpha value is -2.24. The zero-order valence-electron chi connectivity index (χ0n) is 15.8. The van der Waals surface area contributed by atoms with Gasteiger partial charge in [-0.05, 0) is 42.8 Å². The van der Waals surface area contributed by atoms with E-state index in [0.717, 1.165) is 48.2 Å². The summed E-state index contributed by atoms with van der Waals surface area (Å²) in [6, 6.07) is 15.5. The van der Waals surface area contributed by atoms with Crippen molar-refractivity contribution < 1.29 is 9.53 Å². The van der Waals surface area contributed by atoms with Gasteiger partial charge in [-0.3, -0.25) is 9.69 Å². The number of methoxy groups -OCH3 is 1. The molecule has 1 amide bonds. The molecule has 6 heteroatoms. The van der Waals surface area contributed by atoms with Gasteiger partial charge in [0.25, 0.3) is 0 Å². The lowest BCUT2D eigenvalue weighted by molar-refractivity contribution is -0.126. The van der Waals surface area contributed by atoms with Gasteiger partial charge in [-0.15, -0.1) is 0 Å². The van der Waals surface area contributed by atoms with Crippen LogP contribution >= 0.6 is 11.6 Å². The van der Waals surface area contributed by atoms with Crippen LogP contribution in [0.5, 0.6) is 5.75 Å². The zero-order valence-corrected chi connectivity index (χ0v) is 16.6. The molecular formula is C21H26ClN3O2. The Bertz CT molecular complexity index is 758. The lowest BCUT2D eigenvalue weighted by Gasteiger charge is -2.38. The van der Waals surface area contributed by atoms with Crippen LogP contribution in [0.4, 0.5) is 5.69 Å². The van der Waals surface area contributed by atoms with Gasteiger partial charge in [-0.1, -0.05) is 29.8 Å². The number of amides is 1. The zero-order chi connectivity index (χ0) is 19.2. The van der Waals surface area contributed by atoms with Crippen LogP contribution < -0.4 is 15.0 Å². The molecule has 2 aromatic rings. The Morgan fingerprint density at radius 2 is 1.85 bits per heavy atom. The minimum absolute atomic E-state index is 0.0574. The van der Waals surface area contributed by atoms with E-state index in [1.807, 2.05) is 49.4 Å². The summed E-state index contributed by atoms with van der Waals surface area (Å²) < 4.78 is 5.15. The Morgan fingerprint density at radius 1 is 1.15 bits per heavy atom. The van der Waals surface area contributed by atoms with Gasteiger partial charge in [0.05, 0.1) is 13.2 Å². The molecular weight excluding hydrogens is 362 g/mol. The van der Waals surface area contributed by atoms with Crippen molar-refractivity contribution in [2.45, 2.75) is 19.5 Å². The molecule has 5 nitrogen and oxygen atoms in total. The molecule has 1 heterocycles. The second kappa shape index (κ2) is 9.11. The van der Waals surface area contributed by atoms with Crippen molar-refractivity contribution in [3.05, 3.63) is 59.1 Å². The Labute approximate surface area is 165 Å². The quantitative estimate of drug-likeness (QED) is 0.826. The Balaban J connectivity index is 1.47. The van der Waals surface area contributed by atoms with E-state index in [1.165, 1.54) is 0 Å². The van der Waals surface area contributed by atoms with Crippen LogP contribution in [0.3, 0.4) is 0 Å². The van der Waals surface area contributed by atoms with Crippen LogP contribution in [0.2, 0.25) is 5.02 Å². The molecule has 1 aliphatic rings. The third kappa shape index (κ3) is 5.15. The monoisotopic (exact) mass is 387 g/mol. The molecule has 1 N–H and O–H groups in total. The topological polar surface area (TPSA) is 44.8 Å². The van der Waals surface area contributed by atoms with Crippen LogP contribution in [-0.2, 0) is 11.3 Å². The van der Waals surface area contributed by atoms with Gasteiger partial charge in [0.2, 0.25) is 5.91 Å². The maximum absolute atomic E-state index is 12.5. The number of carbonyl (C=O) groups excluding carboxylic acids is 1. The molecule has 0 aromatic heterocycles. The average molecular weight is 388 g/mol. The van der Waals surface area contributed by atoms with Gasteiger partial charge < -0.3 is 15.0 Å². The number of ether oxygens (including phenoxy) is 1. The Kier molecular flexibility index (Phi) is 6.58. The summed E-state index contributed by atoms with van der Waals surface area (Å²) in [4.78, 5) is 17.1. The van der Waals surface area contributed by atoms with Gasteiger partial charge in [-0.2, -0.15) is 0 Å². The number of anilines is 1. The molecule has 0 unspecified atom stereocenters. The molecule has 0 spiro atoms. The maximum Gasteiger partial charge on any atom is 0.237 e. The number of halogens is 1. The van der Waals surface area contributed by atoms with Crippen molar-refractivity contribution >= 4 is 23.2 Å². The van der Waals surface area contributed by atoms with Crippen LogP contribution in [0.25, 0.3) is 0 Å². The van der Waals surface area contributed by atoms with Crippen molar-refractivity contribution in [1.82, 2.24) is 10.2 Å². The second-order valence-corrected chi connectivity index (χ2v) is 7.18. The van der Waals surface area contributed by atoms with Crippen LogP contribution in [-0.4, -0.2) is 50.1 Å². The molecule has 1 aliphatic heterocycles. The first kappa shape index (κ1) is 19.5. The minimum Gasteiger partial charge on any atom is -0.497 e. The number of rotatable bonds is 6. The van der Waals surface area contributed by atoms with Crippen molar-refractivity contribution in [2.75, 3.05) is 38.2 Å². The Morgan fingerprint density at radius 3 is 2.48 bits per heavy atom. The molecule has 0 bridgehead atoms. The first-order chi connectivity index (χ1) is 13.1. The van der Waals surface area contributed by atoms with Gasteiger partial charge in [0, 0.05) is 43.4 Å². The number of nitrogens with zero attached hydrogens (tertiary/aromatic N) is 2. The predicted octanol–water partition coefficient (Wildman–Crippen LogP) is 3.18. The second-order valence-electron chi connectivity index (χ2n) is 6.74. The third-order valence-electron chi connectivity index (χ3n) is 5.04. The first-order valence-electron chi connectivity index (χ1n) is 9.22. The smallest absolute Gasteiger partial charge is 0.237 e. The summed E-state index contributed by atoms with van der Waals surface area (Å²) in [5, 5.41) is 3.78. The molecule has 1 atom stereocenters. The summed E-state index contributed by atoms with van der Waals surface area (Å²) in [6.07, 6.45) is 0. The molecule has 0 radical (unpaired) electrons. The molecule has 2 aromatic carbocycles. The fourth-order valence-electron chi connectivity index (χ4n) is 3.29. The average Bonchev–Trinajstić information content (AvgIpc) is 2.72. The summed E-state index contributed by atoms with van der Waals surface area (Å²) in [7, 11) is 1.64. The van der Waals surface area contributed by atoms with E-state index in [1.54, 1.807) is 7.11 Å². The van der Waals surface area contributed by atoms with Gasteiger partial charge in [0.1, 0.15) is 5.75 Å². The largest absolute Gasteiger partial charge is 0.497 e. The van der Waals surface area contributed by atoms with Crippen molar-refractivity contribution in [3.63, 3.8) is 0 Å². The highest BCUT2D eigenvalue weighted by Crippen LogP contribution is 2.21. The van der Waals surface area contributed by atoms with E-state index in [9.17, 15) is 4.79 Å². The van der Waals surface area contributed by atoms with E-state index in [4.69, 9.17) is 16.3 Å². The standard InChI is InChI=1S/C21H26ClN3O2/c1-16(21(26)23-15-17-6-8-20(27-2)9-7-17)24-10-12-25(13-11-24)19-5-3-4-18(22)14-19/h3-9,14,16H,10-13,15H2,1-2H3,(H,23,26)/t16-/m1/s1. The first-order valence-corrected chi connectivity index (χ1v) is 9.60. The van der Waals surface area contributed by atoms with Crippen molar-refractivity contribution in [1.29, 1.82) is 0 Å². The van der Waals surface area contributed by atoms with Gasteiger partial charge in [0.15, 0.2) is 0 Å². The van der Waals surface area contributed by atoms with Gasteiger partial charge in [-0.25, -0.2) is 0 Å². The normalized spacial score (nSPS) is 16.0. The number of carbonyl (C=O) groups is 1. The maximum atomic E-state index is 12.5. The minimum atomic E-state index is -0.148. The fourth-order valence-corrected chi connectivity index (χ4v) is 3.47. The van der Waals surface area contributed by atoms with E-state index >= 15 is 0 Å². The number of benzene rings is 2. The third-order valence-corrected chi connectivity index (χ3v) is 5.28. The van der Waals surface area contributed by atoms with E-state index in [0.29, 0.717) is 6.54 Å². The number of piperazine rings is 1. The van der Waals surface area contributed by atoms with E-state index in [2.05, 4.69) is 21.2 Å². The molecule has 1 fully saturated rings. The molecule has 1 saturated heterocycles. The predicted molar refractivity (Wildman–Crippen MR) is 110 cm³/mol. The molecule has 144 valence electrons. The highest BCUT2D eigenvalue weighted by atomic mass is 35.5. The lowest BCUT2D eigenvalue weighted by Crippen LogP contribution is -2.53. The summed E-state index contributed by atoms with van der Waals surface area (Å²) in [5.41, 5.74) is 2.20. The molecule has 3 rings (SSSR count). The van der Waals surface area contributed by atoms with E-state index < -0.39 is 0 Å². The highest BCUT2D eigenvalue weighted by Gasteiger charge is 2.25. The fraction of sp³-hybridized carbons (Fsp3) is 0.381. The van der Waals surface area contributed by atoms with Gasteiger partial charge >= 0.3 is 0 Å². The van der Waals surface area contributed by atoms with Crippen LogP contribution in [0, 0.1) is 0 Å². The summed E-state index contributed by atoms with van der Waals surface area (Å²) >= 11 is 6.09. The van der Waals surface area contributed by atoms with Crippen LogP contribution in [0.15, 0.2) is 48.5 Å². The number of hydrogen-bond acceptors (Lipinski definition) is 4. The molecule has 27 heavy (non-hydrogen) atoms. The SMILES string of the molecule is COc1ccc(CNC(=O)[C@@H](C)N2CCN(c3cccc(Cl)c3)CC2)cc1. The van der Waals surface area contributed by atoms with Crippen LogP contribution in [0.1, 0.15) is 12.5 Å². The lowest BCUT2D eigenvalue weighted by atomic mass is 10.1.